The normalized spacial score (nSPS) is 11.0. The average molecular weight is 1330 g/mol. The molecule has 24 heteroatoms. The van der Waals surface area contributed by atoms with Gasteiger partial charge in [-0.1, -0.05) is 63.2 Å². The van der Waals surface area contributed by atoms with Crippen molar-refractivity contribution in [2.24, 2.45) is 5.92 Å². The quantitative estimate of drug-likeness (QED) is 0.0463. The van der Waals surface area contributed by atoms with E-state index >= 15 is 0 Å². The lowest BCUT2D eigenvalue weighted by atomic mass is 10.0. The van der Waals surface area contributed by atoms with E-state index in [9.17, 15) is 70.2 Å². The van der Waals surface area contributed by atoms with Crippen molar-refractivity contribution in [2.75, 3.05) is 68.6 Å². The zero-order valence-corrected chi connectivity index (χ0v) is 51.6. The van der Waals surface area contributed by atoms with Crippen molar-refractivity contribution in [3.63, 3.8) is 0 Å². The third-order valence-corrected chi connectivity index (χ3v) is 13.4. The van der Waals surface area contributed by atoms with Crippen LogP contribution in [0.25, 0.3) is 44.5 Å². The second-order valence-corrected chi connectivity index (χ2v) is 20.2. The topological polar surface area (TPSA) is 73.8 Å². The van der Waals surface area contributed by atoms with E-state index in [2.05, 4.69) is 9.47 Å². The van der Waals surface area contributed by atoms with Crippen LogP contribution in [-0.4, -0.2) is 68.6 Å². The summed E-state index contributed by atoms with van der Waals surface area (Å²) in [7, 11) is 6.69. The van der Waals surface area contributed by atoms with Crippen LogP contribution in [0.3, 0.4) is 0 Å². The molecule has 0 N–H and O–H groups in total. The zero-order valence-electron chi connectivity index (χ0n) is 51.6. The van der Waals surface area contributed by atoms with Gasteiger partial charge in [0, 0.05) is 65.8 Å². The fourth-order valence-electron chi connectivity index (χ4n) is 8.55. The maximum absolute atomic E-state index is 14.3. The Morgan fingerprint density at radius 2 is 0.570 bits per heavy atom. The summed E-state index contributed by atoms with van der Waals surface area (Å²) in [5, 5.41) is 0. The van der Waals surface area contributed by atoms with Crippen LogP contribution in [0, 0.1) is 99.0 Å². The first-order chi connectivity index (χ1) is 44.4. The largest absolute Gasteiger partial charge is 0.494 e. The number of methoxy groups -OCH3 is 5. The molecule has 0 aliphatic heterocycles. The summed E-state index contributed by atoms with van der Waals surface area (Å²) in [6.07, 6.45) is 3.85. The molecule has 500 valence electrons. The van der Waals surface area contributed by atoms with Gasteiger partial charge in [-0.25, -0.2) is 48.3 Å². The Morgan fingerprint density at radius 3 is 0.849 bits per heavy atom. The van der Waals surface area contributed by atoms with E-state index in [1.54, 1.807) is 6.92 Å². The molecule has 0 fully saturated rings. The highest BCUT2D eigenvalue weighted by Gasteiger charge is 2.26. The number of rotatable bonds is 23. The Hall–Kier alpha value is -8.74. The summed E-state index contributed by atoms with van der Waals surface area (Å²) in [6.45, 7) is 8.29. The van der Waals surface area contributed by atoms with E-state index in [1.807, 2.05) is 20.8 Å². The molecule has 0 heterocycles. The van der Waals surface area contributed by atoms with Crippen LogP contribution < -0.4 is 23.7 Å². The van der Waals surface area contributed by atoms with Crippen LogP contribution in [-0.2, 0) is 33.5 Å². The van der Waals surface area contributed by atoms with Gasteiger partial charge < -0.3 is 37.9 Å². The fraction of sp³-hybridized carbons (Fsp3) is 0.275. The van der Waals surface area contributed by atoms with Crippen molar-refractivity contribution in [3.8, 4) is 73.3 Å². The smallest absolute Gasteiger partial charge is 0.201 e. The summed E-state index contributed by atoms with van der Waals surface area (Å²) < 4.78 is 264. The van der Waals surface area contributed by atoms with Gasteiger partial charge in [0.2, 0.25) is 29.1 Å². The van der Waals surface area contributed by atoms with Gasteiger partial charge in [0.25, 0.3) is 0 Å². The van der Waals surface area contributed by atoms with Crippen molar-refractivity contribution in [3.05, 3.63) is 219 Å². The summed E-state index contributed by atoms with van der Waals surface area (Å²) in [5.41, 5.74) is -2.61. The number of halogens is 16. The molecule has 0 aliphatic rings. The lowest BCUT2D eigenvalue weighted by molar-refractivity contribution is 0.201. The first-order valence-corrected chi connectivity index (χ1v) is 28.3. The van der Waals surface area contributed by atoms with Crippen LogP contribution in [0.1, 0.15) is 50.8 Å². The molecule has 0 spiro atoms. The molecule has 0 unspecified atom stereocenters. The van der Waals surface area contributed by atoms with Gasteiger partial charge in [-0.2, -0.15) is 22.0 Å². The predicted octanol–water partition coefficient (Wildman–Crippen LogP) is 19.0. The van der Waals surface area contributed by atoms with Gasteiger partial charge in [0.1, 0.15) is 0 Å². The third kappa shape index (κ3) is 18.5. The molecule has 0 radical (unpaired) electrons. The standard InChI is InChI=1S/C18H18F4O2.C18H16F4O2.C17H16F4O2.C16H14F4O2/c2*1-3-9-24-14-7-6-13(17(21)18(14)22)12-5-4-11(8-10-23-2)15(19)16(12)20;1-9(2)8-23-13-7-5-11(15(19)17(13)21)10-4-6-12(22-3)16(20)14(10)18;1-21-8-7-9-3-4-10(14(18)13(9)17)11-5-6-12(22-2)16(20)15(11)19/h4-7H,3,8-10H2,1-2H3;3-7,9H,8,10H2,1-2H3;4-7,9H,8H2,1-3H3;3-6H,7-8H2,1-2H3/b;9-3+;;. The van der Waals surface area contributed by atoms with E-state index in [-0.39, 0.29) is 137 Å². The van der Waals surface area contributed by atoms with Crippen LogP contribution in [0.2, 0.25) is 0 Å². The molecule has 0 saturated heterocycles. The molecule has 0 atom stereocenters. The number of benzene rings is 8. The van der Waals surface area contributed by atoms with Crippen molar-refractivity contribution >= 4 is 0 Å². The molecule has 0 aromatic heterocycles. The van der Waals surface area contributed by atoms with E-state index in [0.29, 0.717) is 6.42 Å². The molecule has 0 aliphatic carbocycles. The molecule has 8 aromatic rings. The zero-order chi connectivity index (χ0) is 68.8. The second kappa shape index (κ2) is 35.9. The van der Waals surface area contributed by atoms with Gasteiger partial charge in [0.15, 0.2) is 92.7 Å². The van der Waals surface area contributed by atoms with Crippen LogP contribution in [0.4, 0.5) is 70.2 Å². The first-order valence-electron chi connectivity index (χ1n) is 28.3. The highest BCUT2D eigenvalue weighted by molar-refractivity contribution is 5.70. The lowest BCUT2D eigenvalue weighted by Gasteiger charge is -2.13. The number of ether oxygens (including phenoxy) is 8. The first kappa shape index (κ1) is 75.0. The van der Waals surface area contributed by atoms with Crippen LogP contribution in [0.15, 0.2) is 109 Å². The number of hydrogen-bond acceptors (Lipinski definition) is 8. The maximum atomic E-state index is 14.3. The Balaban J connectivity index is 0.000000225. The number of allylic oxidation sites excluding steroid dienone is 1. The SMILES string of the molecule is C/C=C/Oc1ccc(-c2ccc(CCOC)c(F)c2F)c(F)c1F.CCCOc1ccc(-c2ccc(CCOC)c(F)c2F)c(F)c1F.COCCc1ccc(-c2ccc(OC)c(F)c2F)c(F)c1F.COc1ccc(-c2ccc(OCC(C)C)c(F)c2F)c(F)c1F. The van der Waals surface area contributed by atoms with Crippen molar-refractivity contribution in [2.45, 2.75) is 53.4 Å². The highest BCUT2D eigenvalue weighted by Crippen LogP contribution is 2.38. The predicted molar refractivity (Wildman–Crippen MR) is 318 cm³/mol. The third-order valence-electron chi connectivity index (χ3n) is 13.4. The summed E-state index contributed by atoms with van der Waals surface area (Å²) in [6, 6.07) is 19.3. The summed E-state index contributed by atoms with van der Waals surface area (Å²) in [4.78, 5) is 0. The number of hydrogen-bond donors (Lipinski definition) is 0. The van der Waals surface area contributed by atoms with Crippen molar-refractivity contribution in [1.29, 1.82) is 0 Å². The van der Waals surface area contributed by atoms with Gasteiger partial charge in [0.05, 0.1) is 53.5 Å². The van der Waals surface area contributed by atoms with Gasteiger partial charge in [-0.15, -0.1) is 0 Å². The maximum Gasteiger partial charge on any atom is 0.201 e. The minimum absolute atomic E-state index is 0.104. The Kier molecular flexibility index (Phi) is 29.0. The van der Waals surface area contributed by atoms with Gasteiger partial charge in [-0.05, 0) is 116 Å². The van der Waals surface area contributed by atoms with Gasteiger partial charge >= 0.3 is 0 Å². The van der Waals surface area contributed by atoms with E-state index in [0.717, 1.165) is 42.5 Å². The van der Waals surface area contributed by atoms with Crippen LogP contribution >= 0.6 is 0 Å². The molecular weight excluding hydrogens is 1260 g/mol. The monoisotopic (exact) mass is 1320 g/mol. The second-order valence-electron chi connectivity index (χ2n) is 20.2. The van der Waals surface area contributed by atoms with Crippen molar-refractivity contribution < 1.29 is 108 Å². The summed E-state index contributed by atoms with van der Waals surface area (Å²) in [5.74, 6) is -21.0. The Bertz CT molecular complexity index is 3800. The molecule has 8 rings (SSSR count). The van der Waals surface area contributed by atoms with E-state index in [1.165, 1.54) is 102 Å². The molecule has 8 aromatic carbocycles. The van der Waals surface area contributed by atoms with E-state index < -0.39 is 104 Å². The fourth-order valence-corrected chi connectivity index (χ4v) is 8.55. The molecular formula is C69H64F16O8. The van der Waals surface area contributed by atoms with Gasteiger partial charge in [-0.3, -0.25) is 0 Å². The summed E-state index contributed by atoms with van der Waals surface area (Å²) >= 11 is 0. The molecule has 0 amide bonds. The lowest BCUT2D eigenvalue weighted by Crippen LogP contribution is -2.07. The van der Waals surface area contributed by atoms with E-state index in [4.69, 9.17) is 28.4 Å². The Morgan fingerprint density at radius 1 is 0.312 bits per heavy atom. The highest BCUT2D eigenvalue weighted by atomic mass is 19.2. The Labute approximate surface area is 526 Å². The minimum Gasteiger partial charge on any atom is -0.494 e. The molecule has 93 heavy (non-hydrogen) atoms. The molecule has 8 nitrogen and oxygen atoms in total. The average Bonchev–Trinajstić information content (AvgIpc) is 0.837. The molecule has 0 bridgehead atoms. The van der Waals surface area contributed by atoms with Crippen LogP contribution in [0.5, 0.6) is 28.7 Å². The molecule has 0 saturated carbocycles. The van der Waals surface area contributed by atoms with Crippen molar-refractivity contribution in [1.82, 2.24) is 0 Å². The minimum atomic E-state index is -1.31.